The van der Waals surface area contributed by atoms with Gasteiger partial charge in [0.1, 0.15) is 19.4 Å². The molecule has 0 bridgehead atoms. The van der Waals surface area contributed by atoms with Crippen LogP contribution in [0.3, 0.4) is 0 Å². The number of anilines is 1. The zero-order chi connectivity index (χ0) is 27.2. The molecule has 0 amide bonds. The minimum absolute atomic E-state index is 0.0402. The van der Waals surface area contributed by atoms with Gasteiger partial charge in [0.15, 0.2) is 11.6 Å². The maximum Gasteiger partial charge on any atom is 0.457 e. The summed E-state index contributed by atoms with van der Waals surface area (Å²) in [6.07, 6.45) is -1.07. The van der Waals surface area contributed by atoms with E-state index >= 15 is 4.39 Å². The lowest BCUT2D eigenvalue weighted by Gasteiger charge is -2.53. The standard InChI is InChI=1S/C30H31F4NO3/c1-29-15-23(17-3-5-18(35)6-4-17)28-20-8-7-19(36)13-21(20)26(31)14-22(28)24(29)9-10-25(29)27(37)16-38-12-2-11-30(32,33)34/h3-6,13,22-26H,7-10,12,14-16,35H2,1H3/t22-,23+,24-,25+,26?,29-/m0/s1. The third-order valence-corrected chi connectivity index (χ3v) is 9.12. The van der Waals surface area contributed by atoms with Crippen LogP contribution < -0.4 is 5.73 Å². The first-order valence-corrected chi connectivity index (χ1v) is 13.1. The first kappa shape index (κ1) is 26.7. The van der Waals surface area contributed by atoms with E-state index < -0.39 is 24.4 Å². The van der Waals surface area contributed by atoms with Crippen LogP contribution in [-0.4, -0.2) is 37.1 Å². The van der Waals surface area contributed by atoms with Crippen molar-refractivity contribution in [2.24, 2.45) is 23.2 Å². The van der Waals surface area contributed by atoms with Gasteiger partial charge in [-0.25, -0.2) is 4.39 Å². The van der Waals surface area contributed by atoms with Crippen molar-refractivity contribution in [3.8, 4) is 11.8 Å². The van der Waals surface area contributed by atoms with Crippen molar-refractivity contribution < 1.29 is 31.9 Å². The van der Waals surface area contributed by atoms with E-state index in [1.807, 2.05) is 30.2 Å². The van der Waals surface area contributed by atoms with Gasteiger partial charge in [-0.1, -0.05) is 30.6 Å². The summed E-state index contributed by atoms with van der Waals surface area (Å²) >= 11 is 0. The Hall–Kier alpha value is -2.92. The highest BCUT2D eigenvalue weighted by atomic mass is 19.4. The second-order valence-electron chi connectivity index (χ2n) is 11.2. The summed E-state index contributed by atoms with van der Waals surface area (Å²) in [7, 11) is 0. The minimum atomic E-state index is -4.60. The Kier molecular flexibility index (Phi) is 7.02. The number of benzene rings is 1. The minimum Gasteiger partial charge on any atom is -0.399 e. The van der Waals surface area contributed by atoms with Crippen molar-refractivity contribution in [2.75, 3.05) is 18.9 Å². The van der Waals surface area contributed by atoms with Crippen LogP contribution in [0, 0.1) is 35.0 Å². The van der Waals surface area contributed by atoms with E-state index in [4.69, 9.17) is 10.5 Å². The number of ketones is 2. The van der Waals surface area contributed by atoms with Gasteiger partial charge in [-0.15, -0.1) is 0 Å². The molecule has 6 atom stereocenters. The van der Waals surface area contributed by atoms with E-state index in [2.05, 4.69) is 6.92 Å². The van der Waals surface area contributed by atoms with Crippen molar-refractivity contribution in [3.63, 3.8) is 0 Å². The Bertz CT molecular complexity index is 1250. The lowest BCUT2D eigenvalue weighted by Crippen LogP contribution is -2.46. The summed E-state index contributed by atoms with van der Waals surface area (Å²) in [4.78, 5) is 25.4. The highest BCUT2D eigenvalue weighted by Crippen LogP contribution is 2.66. The molecule has 1 aromatic rings. The number of hydrogen-bond acceptors (Lipinski definition) is 4. The Morgan fingerprint density at radius 1 is 1.18 bits per heavy atom. The van der Waals surface area contributed by atoms with Crippen molar-refractivity contribution in [2.45, 2.75) is 63.7 Å². The van der Waals surface area contributed by atoms with E-state index in [1.54, 1.807) is 0 Å². The molecule has 0 saturated heterocycles. The number of carbonyl (C=O) groups excluding carboxylic acids is 2. The maximum atomic E-state index is 15.6. The summed E-state index contributed by atoms with van der Waals surface area (Å²) in [6, 6.07) is 7.67. The average Bonchev–Trinajstić information content (AvgIpc) is 3.20. The molecule has 1 unspecified atom stereocenters. The second kappa shape index (κ2) is 10.00. The van der Waals surface area contributed by atoms with Gasteiger partial charge in [0, 0.05) is 29.9 Å². The van der Waals surface area contributed by atoms with E-state index in [9.17, 15) is 22.8 Å². The summed E-state index contributed by atoms with van der Waals surface area (Å²) in [5.74, 6) is 2.51. The quantitative estimate of drug-likeness (QED) is 0.224. The number of allylic oxidation sites excluding steroid dienone is 4. The van der Waals surface area contributed by atoms with Crippen molar-refractivity contribution in [3.05, 3.63) is 52.6 Å². The number of hydrogen-bond donors (Lipinski definition) is 1. The number of ether oxygens (including phenoxy) is 1. The summed E-state index contributed by atoms with van der Waals surface area (Å²) in [5, 5.41) is 0. The van der Waals surface area contributed by atoms with Crippen molar-refractivity contribution >= 4 is 17.3 Å². The zero-order valence-electron chi connectivity index (χ0n) is 21.2. The van der Waals surface area contributed by atoms with Gasteiger partial charge >= 0.3 is 6.18 Å². The SMILES string of the molecule is C[C@]12C[C@H](c3ccc(N)cc3)C3=C4CCC(=O)C=C4C(F)C[C@H]3[C@@H]1CC[C@@H]2C(=O)COCC#CC(F)(F)F. The lowest BCUT2D eigenvalue weighted by molar-refractivity contribution is -0.131. The van der Waals surface area contributed by atoms with Gasteiger partial charge in [-0.2, -0.15) is 13.2 Å². The molecule has 2 fully saturated rings. The molecule has 2 saturated carbocycles. The summed E-state index contributed by atoms with van der Waals surface area (Å²) in [6.45, 7) is 1.33. The number of rotatable bonds is 5. The highest BCUT2D eigenvalue weighted by Gasteiger charge is 2.59. The smallest absolute Gasteiger partial charge is 0.399 e. The fraction of sp³-hybridized carbons (Fsp3) is 0.533. The highest BCUT2D eigenvalue weighted by molar-refractivity contribution is 5.93. The van der Waals surface area contributed by atoms with Crippen LogP contribution in [0.15, 0.2) is 47.1 Å². The maximum absolute atomic E-state index is 15.6. The number of alkyl halides is 4. The molecule has 4 aliphatic rings. The van der Waals surface area contributed by atoms with E-state index in [0.29, 0.717) is 36.9 Å². The van der Waals surface area contributed by atoms with Crippen LogP contribution in [0.1, 0.15) is 56.9 Å². The molecule has 0 radical (unpaired) electrons. The van der Waals surface area contributed by atoms with Gasteiger partial charge in [-0.3, -0.25) is 9.59 Å². The number of Topliss-reactive ketones (excluding diaryl/α,β-unsaturated/α-hetero) is 1. The molecule has 5 rings (SSSR count). The van der Waals surface area contributed by atoms with Gasteiger partial charge in [-0.05, 0) is 84.3 Å². The number of halogens is 4. The molecule has 2 N–H and O–H groups in total. The molecule has 38 heavy (non-hydrogen) atoms. The summed E-state index contributed by atoms with van der Waals surface area (Å²) < 4.78 is 57.5. The normalized spacial score (nSPS) is 32.5. The molecule has 202 valence electrons. The topological polar surface area (TPSA) is 69.4 Å². The molecular formula is C30H31F4NO3. The number of carbonyl (C=O) groups is 2. The van der Waals surface area contributed by atoms with E-state index in [0.717, 1.165) is 23.5 Å². The number of nitrogens with two attached hydrogens (primary N) is 1. The van der Waals surface area contributed by atoms with Crippen LogP contribution in [-0.2, 0) is 14.3 Å². The lowest BCUT2D eigenvalue weighted by atomic mass is 9.51. The van der Waals surface area contributed by atoms with Crippen LogP contribution in [0.2, 0.25) is 0 Å². The van der Waals surface area contributed by atoms with E-state index in [-0.39, 0.29) is 48.3 Å². The van der Waals surface area contributed by atoms with Gasteiger partial charge in [0.25, 0.3) is 0 Å². The monoisotopic (exact) mass is 529 g/mol. The molecule has 0 aromatic heterocycles. The Labute approximate surface area is 219 Å². The van der Waals surface area contributed by atoms with Crippen molar-refractivity contribution in [1.29, 1.82) is 0 Å². The molecule has 4 aliphatic carbocycles. The number of fused-ring (bicyclic) bond motifs is 4. The fourth-order valence-corrected chi connectivity index (χ4v) is 7.63. The first-order chi connectivity index (χ1) is 18.0. The second-order valence-corrected chi connectivity index (χ2v) is 11.2. The Morgan fingerprint density at radius 2 is 1.92 bits per heavy atom. The van der Waals surface area contributed by atoms with Gasteiger partial charge in [0.05, 0.1) is 0 Å². The largest absolute Gasteiger partial charge is 0.457 e. The van der Waals surface area contributed by atoms with Crippen molar-refractivity contribution in [1.82, 2.24) is 0 Å². The Balaban J connectivity index is 1.47. The van der Waals surface area contributed by atoms with E-state index in [1.165, 1.54) is 11.6 Å². The van der Waals surface area contributed by atoms with Gasteiger partial charge in [0.2, 0.25) is 0 Å². The average molecular weight is 530 g/mol. The zero-order valence-corrected chi connectivity index (χ0v) is 21.2. The molecule has 0 spiro atoms. The van der Waals surface area contributed by atoms with Crippen LogP contribution in [0.5, 0.6) is 0 Å². The predicted molar refractivity (Wildman–Crippen MR) is 135 cm³/mol. The van der Waals surface area contributed by atoms with Crippen LogP contribution >= 0.6 is 0 Å². The molecular weight excluding hydrogens is 498 g/mol. The molecule has 1 aromatic carbocycles. The van der Waals surface area contributed by atoms with Gasteiger partial charge < -0.3 is 10.5 Å². The van der Waals surface area contributed by atoms with Crippen LogP contribution in [0.25, 0.3) is 0 Å². The molecule has 4 nitrogen and oxygen atoms in total. The third kappa shape index (κ3) is 4.93. The third-order valence-electron chi connectivity index (χ3n) is 9.12. The Morgan fingerprint density at radius 3 is 2.63 bits per heavy atom. The van der Waals surface area contributed by atoms with Crippen LogP contribution in [0.4, 0.5) is 23.2 Å². The molecule has 0 heterocycles. The fourth-order valence-electron chi connectivity index (χ4n) is 7.63. The molecule has 8 heteroatoms. The summed E-state index contributed by atoms with van der Waals surface area (Å²) in [5.41, 5.74) is 9.92. The number of nitrogen functional groups attached to an aromatic ring is 1. The first-order valence-electron chi connectivity index (χ1n) is 13.1. The predicted octanol–water partition coefficient (Wildman–Crippen LogP) is 5.88. The molecule has 0 aliphatic heterocycles.